The fourth-order valence-corrected chi connectivity index (χ4v) is 4.08. The van der Waals surface area contributed by atoms with E-state index in [1.807, 2.05) is 6.07 Å². The van der Waals surface area contributed by atoms with Crippen molar-refractivity contribution in [1.29, 1.82) is 0 Å². The highest BCUT2D eigenvalue weighted by Crippen LogP contribution is 2.40. The highest BCUT2D eigenvalue weighted by molar-refractivity contribution is 5.44. The first-order valence-corrected chi connectivity index (χ1v) is 8.37. The Morgan fingerprint density at radius 2 is 1.77 bits per heavy atom. The molecule has 1 aromatic rings. The van der Waals surface area contributed by atoms with Crippen LogP contribution >= 0.6 is 0 Å². The van der Waals surface area contributed by atoms with Crippen LogP contribution in [0.25, 0.3) is 0 Å². The Morgan fingerprint density at radius 3 is 2.45 bits per heavy atom. The number of ether oxygens (including phenoxy) is 2. The van der Waals surface area contributed by atoms with Crippen molar-refractivity contribution in [3.8, 4) is 11.5 Å². The van der Waals surface area contributed by atoms with Crippen LogP contribution in [0.5, 0.6) is 11.5 Å². The van der Waals surface area contributed by atoms with Gasteiger partial charge in [0.25, 0.3) is 0 Å². The van der Waals surface area contributed by atoms with Gasteiger partial charge in [-0.1, -0.05) is 6.07 Å². The lowest BCUT2D eigenvalue weighted by atomic mass is 9.93. The van der Waals surface area contributed by atoms with Crippen LogP contribution in [0.1, 0.15) is 30.9 Å². The van der Waals surface area contributed by atoms with E-state index in [0.29, 0.717) is 12.0 Å². The quantitative estimate of drug-likeness (QED) is 0.835. The summed E-state index contributed by atoms with van der Waals surface area (Å²) in [6.07, 6.45) is 4.01. The summed E-state index contributed by atoms with van der Waals surface area (Å²) in [4.78, 5) is 5.12. The van der Waals surface area contributed by atoms with E-state index >= 15 is 0 Å². The fourth-order valence-electron chi connectivity index (χ4n) is 4.08. The summed E-state index contributed by atoms with van der Waals surface area (Å²) in [5.41, 5.74) is 1.35. The molecule has 0 aliphatic carbocycles. The second-order valence-corrected chi connectivity index (χ2v) is 6.60. The second-order valence-electron chi connectivity index (χ2n) is 6.60. The first-order valence-electron chi connectivity index (χ1n) is 8.37. The Kier molecular flexibility index (Phi) is 4.89. The van der Waals surface area contributed by atoms with E-state index in [4.69, 9.17) is 9.47 Å². The summed E-state index contributed by atoms with van der Waals surface area (Å²) in [6, 6.07) is 6.88. The lowest BCUT2D eigenvalue weighted by Crippen LogP contribution is -2.30. The van der Waals surface area contributed by atoms with Gasteiger partial charge in [-0.2, -0.15) is 0 Å². The Morgan fingerprint density at radius 1 is 1.05 bits per heavy atom. The van der Waals surface area contributed by atoms with Gasteiger partial charge in [-0.05, 0) is 69.6 Å². The molecule has 4 nitrogen and oxygen atoms in total. The van der Waals surface area contributed by atoms with Crippen LogP contribution in [0.15, 0.2) is 18.2 Å². The third kappa shape index (κ3) is 3.08. The summed E-state index contributed by atoms with van der Waals surface area (Å²) in [7, 11) is 5.64. The van der Waals surface area contributed by atoms with Crippen molar-refractivity contribution in [2.24, 2.45) is 5.92 Å². The summed E-state index contributed by atoms with van der Waals surface area (Å²) < 4.78 is 10.9. The van der Waals surface area contributed by atoms with Crippen molar-refractivity contribution in [2.45, 2.75) is 25.3 Å². The molecule has 0 amide bonds. The highest BCUT2D eigenvalue weighted by atomic mass is 16.5. The molecule has 0 aromatic heterocycles. The van der Waals surface area contributed by atoms with Crippen molar-refractivity contribution in [3.05, 3.63) is 23.8 Å². The molecule has 3 rings (SSSR count). The molecule has 2 aliphatic rings. The number of nitrogens with zero attached hydrogens (tertiary/aromatic N) is 2. The molecule has 0 saturated carbocycles. The molecule has 2 fully saturated rings. The normalized spacial score (nSPS) is 26.5. The van der Waals surface area contributed by atoms with Crippen LogP contribution in [0, 0.1) is 5.92 Å². The van der Waals surface area contributed by atoms with E-state index in [9.17, 15) is 0 Å². The van der Waals surface area contributed by atoms with E-state index in [1.54, 1.807) is 14.2 Å². The lowest BCUT2D eigenvalue weighted by molar-refractivity contribution is 0.217. The van der Waals surface area contributed by atoms with E-state index in [1.165, 1.54) is 51.0 Å². The minimum Gasteiger partial charge on any atom is -0.493 e. The molecule has 2 heterocycles. The minimum absolute atomic E-state index is 0.486. The summed E-state index contributed by atoms with van der Waals surface area (Å²) in [5, 5.41) is 0. The second kappa shape index (κ2) is 6.88. The van der Waals surface area contributed by atoms with Gasteiger partial charge in [-0.25, -0.2) is 0 Å². The van der Waals surface area contributed by atoms with Gasteiger partial charge in [0.1, 0.15) is 0 Å². The van der Waals surface area contributed by atoms with Gasteiger partial charge in [0, 0.05) is 12.6 Å². The number of hydrogen-bond acceptors (Lipinski definition) is 4. The number of benzene rings is 1. The van der Waals surface area contributed by atoms with Crippen molar-refractivity contribution in [2.75, 3.05) is 47.4 Å². The molecule has 122 valence electrons. The monoisotopic (exact) mass is 304 g/mol. The molecule has 0 spiro atoms. The van der Waals surface area contributed by atoms with Crippen LogP contribution in [-0.4, -0.2) is 57.2 Å². The van der Waals surface area contributed by atoms with Gasteiger partial charge in [-0.3, -0.25) is 4.90 Å². The number of hydrogen-bond donors (Lipinski definition) is 0. The minimum atomic E-state index is 0.486. The van der Waals surface area contributed by atoms with Crippen LogP contribution in [0.3, 0.4) is 0 Å². The van der Waals surface area contributed by atoms with Gasteiger partial charge in [0.2, 0.25) is 0 Å². The van der Waals surface area contributed by atoms with Crippen molar-refractivity contribution < 1.29 is 9.47 Å². The molecule has 0 bridgehead atoms. The fraction of sp³-hybridized carbons (Fsp3) is 0.667. The molecule has 22 heavy (non-hydrogen) atoms. The maximum Gasteiger partial charge on any atom is 0.161 e. The molecule has 2 unspecified atom stereocenters. The maximum absolute atomic E-state index is 5.49. The molecule has 0 radical (unpaired) electrons. The molecular weight excluding hydrogens is 276 g/mol. The molecular formula is C18H28N2O2. The van der Waals surface area contributed by atoms with E-state index in [0.717, 1.165) is 11.5 Å². The van der Waals surface area contributed by atoms with Crippen molar-refractivity contribution >= 4 is 0 Å². The zero-order valence-electron chi connectivity index (χ0n) is 14.0. The third-order valence-electron chi connectivity index (χ3n) is 5.21. The molecule has 0 N–H and O–H groups in total. The van der Waals surface area contributed by atoms with Crippen molar-refractivity contribution in [1.82, 2.24) is 9.80 Å². The van der Waals surface area contributed by atoms with Crippen molar-refractivity contribution in [3.63, 3.8) is 0 Å². The SMILES string of the molecule is COc1ccc(C2C(CN3CCCC3)CCN2C)cc1OC. The topological polar surface area (TPSA) is 24.9 Å². The molecule has 2 aliphatic heterocycles. The Labute approximate surface area is 134 Å². The standard InChI is InChI=1S/C18H28N2O2/c1-19-11-8-15(13-20-9-4-5-10-20)18(19)14-6-7-16(21-2)17(12-14)22-3/h6-7,12,15,18H,4-5,8-11,13H2,1-3H3. The van der Waals surface area contributed by atoms with Gasteiger partial charge >= 0.3 is 0 Å². The first kappa shape index (κ1) is 15.6. The smallest absolute Gasteiger partial charge is 0.161 e. The molecule has 2 saturated heterocycles. The predicted octanol–water partition coefficient (Wildman–Crippen LogP) is 2.79. The molecule has 1 aromatic carbocycles. The van der Waals surface area contributed by atoms with E-state index in [-0.39, 0.29) is 0 Å². The number of rotatable bonds is 5. The molecule has 2 atom stereocenters. The maximum atomic E-state index is 5.49. The van der Waals surface area contributed by atoms with Crippen LogP contribution < -0.4 is 9.47 Å². The van der Waals surface area contributed by atoms with Crippen LogP contribution in [0.2, 0.25) is 0 Å². The zero-order valence-corrected chi connectivity index (χ0v) is 14.0. The van der Waals surface area contributed by atoms with E-state index in [2.05, 4.69) is 29.0 Å². The number of methoxy groups -OCH3 is 2. The lowest BCUT2D eigenvalue weighted by Gasteiger charge is -2.29. The largest absolute Gasteiger partial charge is 0.493 e. The third-order valence-corrected chi connectivity index (χ3v) is 5.21. The van der Waals surface area contributed by atoms with Gasteiger partial charge in [-0.15, -0.1) is 0 Å². The Balaban J connectivity index is 1.80. The molecule has 4 heteroatoms. The van der Waals surface area contributed by atoms with Crippen LogP contribution in [-0.2, 0) is 0 Å². The average molecular weight is 304 g/mol. The summed E-state index contributed by atoms with van der Waals surface area (Å²) in [6.45, 7) is 4.96. The Hall–Kier alpha value is -1.26. The highest BCUT2D eigenvalue weighted by Gasteiger charge is 2.34. The Bertz CT molecular complexity index is 500. The summed E-state index contributed by atoms with van der Waals surface area (Å²) >= 11 is 0. The van der Waals surface area contributed by atoms with Gasteiger partial charge < -0.3 is 14.4 Å². The van der Waals surface area contributed by atoms with E-state index < -0.39 is 0 Å². The average Bonchev–Trinajstić information content (AvgIpc) is 3.17. The van der Waals surface area contributed by atoms with Crippen LogP contribution in [0.4, 0.5) is 0 Å². The first-order chi connectivity index (χ1) is 10.7. The predicted molar refractivity (Wildman–Crippen MR) is 88.7 cm³/mol. The zero-order chi connectivity index (χ0) is 15.5. The summed E-state index contributed by atoms with van der Waals surface area (Å²) in [5.74, 6) is 2.35. The number of likely N-dealkylation sites (tertiary alicyclic amines) is 2. The van der Waals surface area contributed by atoms with Gasteiger partial charge in [0.05, 0.1) is 14.2 Å². The van der Waals surface area contributed by atoms with Gasteiger partial charge in [0.15, 0.2) is 11.5 Å².